The van der Waals surface area contributed by atoms with Crippen molar-refractivity contribution in [3.8, 4) is 0 Å². The molecule has 0 saturated carbocycles. The Morgan fingerprint density at radius 1 is 1.08 bits per heavy atom. The number of urea groups is 1. The zero-order chi connectivity index (χ0) is 18.7. The van der Waals surface area contributed by atoms with Crippen molar-refractivity contribution in [1.82, 2.24) is 9.80 Å². The van der Waals surface area contributed by atoms with Crippen LogP contribution < -0.4 is 5.32 Å². The Hall–Kier alpha value is -2.05. The molecular weight excluding hydrogens is 370 g/mol. The van der Waals surface area contributed by atoms with Gasteiger partial charge in [0.1, 0.15) is 0 Å². The van der Waals surface area contributed by atoms with Crippen LogP contribution >= 0.6 is 22.9 Å². The van der Waals surface area contributed by atoms with Crippen LogP contribution in [0.15, 0.2) is 30.3 Å². The molecule has 3 rings (SSSR count). The van der Waals surface area contributed by atoms with Crippen LogP contribution in [0.1, 0.15) is 26.5 Å². The average Bonchev–Trinajstić information content (AvgIpc) is 2.80. The number of carbonyl (C=O) groups excluding carboxylic acids is 2. The molecule has 0 radical (unpaired) electrons. The summed E-state index contributed by atoms with van der Waals surface area (Å²) >= 11 is 7.60. The summed E-state index contributed by atoms with van der Waals surface area (Å²) in [6.45, 7) is 6.33. The van der Waals surface area contributed by atoms with Crippen molar-refractivity contribution in [3.05, 3.63) is 50.7 Å². The van der Waals surface area contributed by atoms with Gasteiger partial charge in [-0.25, -0.2) is 4.79 Å². The highest BCUT2D eigenvalue weighted by molar-refractivity contribution is 7.12. The molecule has 3 amide bonds. The van der Waals surface area contributed by atoms with E-state index < -0.39 is 0 Å². The molecule has 1 aliphatic heterocycles. The van der Waals surface area contributed by atoms with E-state index in [0.717, 1.165) is 21.7 Å². The first-order valence-corrected chi connectivity index (χ1v) is 9.81. The third-order valence-corrected chi connectivity index (χ3v) is 5.62. The highest BCUT2D eigenvalue weighted by Gasteiger charge is 2.24. The number of thiophene rings is 1. The van der Waals surface area contributed by atoms with Crippen molar-refractivity contribution in [3.63, 3.8) is 0 Å². The van der Waals surface area contributed by atoms with Crippen LogP contribution in [-0.2, 0) is 0 Å². The van der Waals surface area contributed by atoms with E-state index in [1.807, 2.05) is 24.8 Å². The van der Waals surface area contributed by atoms with Gasteiger partial charge < -0.3 is 15.1 Å². The van der Waals surface area contributed by atoms with E-state index in [4.69, 9.17) is 11.6 Å². The molecule has 1 aliphatic rings. The molecule has 2 aromatic rings. The van der Waals surface area contributed by atoms with Gasteiger partial charge in [-0.3, -0.25) is 4.79 Å². The summed E-state index contributed by atoms with van der Waals surface area (Å²) in [5.41, 5.74) is 1.45. The number of benzene rings is 1. The van der Waals surface area contributed by atoms with E-state index >= 15 is 0 Å². The van der Waals surface area contributed by atoms with Crippen molar-refractivity contribution in [2.45, 2.75) is 20.3 Å². The fourth-order valence-corrected chi connectivity index (χ4v) is 4.21. The number of amides is 3. The Bertz CT molecular complexity index is 821. The zero-order valence-corrected chi connectivity index (χ0v) is 16.5. The molecule has 2 heterocycles. The number of anilines is 1. The fraction of sp³-hybridized carbons (Fsp3) is 0.368. The van der Waals surface area contributed by atoms with Gasteiger partial charge in [0.05, 0.1) is 5.56 Å². The fourth-order valence-electron chi connectivity index (χ4n) is 3.11. The van der Waals surface area contributed by atoms with Gasteiger partial charge in [0, 0.05) is 46.6 Å². The van der Waals surface area contributed by atoms with Gasteiger partial charge in [0.2, 0.25) is 0 Å². The van der Waals surface area contributed by atoms with Crippen LogP contribution in [0.25, 0.3) is 0 Å². The molecule has 0 spiro atoms. The predicted octanol–water partition coefficient (Wildman–Crippen LogP) is 4.40. The van der Waals surface area contributed by atoms with Gasteiger partial charge in [-0.1, -0.05) is 17.7 Å². The lowest BCUT2D eigenvalue weighted by molar-refractivity contribution is 0.0762. The molecule has 1 aromatic carbocycles. The number of halogens is 1. The second kappa shape index (κ2) is 8.10. The quantitative estimate of drug-likeness (QED) is 0.824. The standard InChI is InChI=1S/C19H22ClN3O2S/c1-13-11-17(14(2)26-13)18(24)22-7-4-8-23(10-9-22)19(25)21-16-6-3-5-15(20)12-16/h3,5-6,11-12H,4,7-10H2,1-2H3,(H,21,25). The number of nitrogens with zero attached hydrogens (tertiary/aromatic N) is 2. The first kappa shape index (κ1) is 18.7. The first-order valence-electron chi connectivity index (χ1n) is 8.62. The molecule has 1 saturated heterocycles. The maximum atomic E-state index is 12.8. The molecule has 0 atom stereocenters. The van der Waals surface area contributed by atoms with Gasteiger partial charge in [0.25, 0.3) is 5.91 Å². The molecule has 0 bridgehead atoms. The topological polar surface area (TPSA) is 52.7 Å². The highest BCUT2D eigenvalue weighted by atomic mass is 35.5. The van der Waals surface area contributed by atoms with E-state index in [9.17, 15) is 9.59 Å². The summed E-state index contributed by atoms with van der Waals surface area (Å²) in [5, 5.41) is 3.45. The Labute approximate surface area is 162 Å². The Morgan fingerprint density at radius 3 is 2.50 bits per heavy atom. The van der Waals surface area contributed by atoms with Crippen molar-refractivity contribution >= 4 is 40.6 Å². The number of carbonyl (C=O) groups is 2. The lowest BCUT2D eigenvalue weighted by Gasteiger charge is -2.22. The summed E-state index contributed by atoms with van der Waals surface area (Å²) < 4.78 is 0. The lowest BCUT2D eigenvalue weighted by Crippen LogP contribution is -2.39. The summed E-state index contributed by atoms with van der Waals surface area (Å²) in [7, 11) is 0. The maximum absolute atomic E-state index is 12.8. The Balaban J connectivity index is 1.61. The van der Waals surface area contributed by atoms with Crippen molar-refractivity contribution in [1.29, 1.82) is 0 Å². The minimum atomic E-state index is -0.163. The van der Waals surface area contributed by atoms with Crippen LogP contribution in [0.2, 0.25) is 5.02 Å². The Kier molecular flexibility index (Phi) is 5.84. The lowest BCUT2D eigenvalue weighted by atomic mass is 10.2. The van der Waals surface area contributed by atoms with Gasteiger partial charge in [-0.05, 0) is 44.5 Å². The summed E-state index contributed by atoms with van der Waals surface area (Å²) in [5.74, 6) is 0.0592. The van der Waals surface area contributed by atoms with E-state index in [0.29, 0.717) is 36.9 Å². The number of hydrogen-bond donors (Lipinski definition) is 1. The average molecular weight is 392 g/mol. The number of hydrogen-bond acceptors (Lipinski definition) is 3. The first-order chi connectivity index (χ1) is 12.4. The summed E-state index contributed by atoms with van der Waals surface area (Å²) in [6, 6.07) is 8.88. The largest absolute Gasteiger partial charge is 0.337 e. The van der Waals surface area contributed by atoms with Crippen molar-refractivity contribution in [2.75, 3.05) is 31.5 Å². The molecule has 1 fully saturated rings. The van der Waals surface area contributed by atoms with Crippen molar-refractivity contribution < 1.29 is 9.59 Å². The van der Waals surface area contributed by atoms with Gasteiger partial charge in [-0.15, -0.1) is 11.3 Å². The number of aryl methyl sites for hydroxylation is 2. The summed E-state index contributed by atoms with van der Waals surface area (Å²) in [6.07, 6.45) is 0.761. The van der Waals surface area contributed by atoms with Gasteiger partial charge in [0.15, 0.2) is 0 Å². The summed E-state index contributed by atoms with van der Waals surface area (Å²) in [4.78, 5) is 31.1. The SMILES string of the molecule is Cc1cc(C(=O)N2CCCN(C(=O)Nc3cccc(Cl)c3)CC2)c(C)s1. The molecule has 5 nitrogen and oxygen atoms in total. The monoisotopic (exact) mass is 391 g/mol. The van der Waals surface area contributed by atoms with Gasteiger partial charge in [-0.2, -0.15) is 0 Å². The molecule has 138 valence electrons. The predicted molar refractivity (Wildman–Crippen MR) is 106 cm³/mol. The van der Waals surface area contributed by atoms with E-state index in [1.54, 1.807) is 40.5 Å². The molecule has 1 aromatic heterocycles. The maximum Gasteiger partial charge on any atom is 0.321 e. The van der Waals surface area contributed by atoms with Crippen LogP contribution in [0.5, 0.6) is 0 Å². The normalized spacial score (nSPS) is 14.9. The van der Waals surface area contributed by atoms with Gasteiger partial charge >= 0.3 is 6.03 Å². The molecule has 26 heavy (non-hydrogen) atoms. The highest BCUT2D eigenvalue weighted by Crippen LogP contribution is 2.23. The molecular formula is C19H22ClN3O2S. The van der Waals surface area contributed by atoms with Crippen LogP contribution in [0.4, 0.5) is 10.5 Å². The number of nitrogens with one attached hydrogen (secondary N) is 1. The Morgan fingerprint density at radius 2 is 1.81 bits per heavy atom. The number of rotatable bonds is 2. The van der Waals surface area contributed by atoms with E-state index in [-0.39, 0.29) is 11.9 Å². The third kappa shape index (κ3) is 4.37. The van der Waals surface area contributed by atoms with Crippen LogP contribution in [0.3, 0.4) is 0 Å². The molecule has 7 heteroatoms. The van der Waals surface area contributed by atoms with Crippen molar-refractivity contribution in [2.24, 2.45) is 0 Å². The minimum absolute atomic E-state index is 0.0592. The molecule has 1 N–H and O–H groups in total. The van der Waals surface area contributed by atoms with E-state index in [1.165, 1.54) is 0 Å². The second-order valence-corrected chi connectivity index (χ2v) is 8.30. The molecule has 0 aliphatic carbocycles. The van der Waals surface area contributed by atoms with Crippen LogP contribution in [-0.4, -0.2) is 47.9 Å². The molecule has 0 unspecified atom stereocenters. The second-order valence-electron chi connectivity index (χ2n) is 6.40. The minimum Gasteiger partial charge on any atom is -0.337 e. The smallest absolute Gasteiger partial charge is 0.321 e. The van der Waals surface area contributed by atoms with E-state index in [2.05, 4.69) is 5.32 Å². The zero-order valence-electron chi connectivity index (χ0n) is 14.9. The van der Waals surface area contributed by atoms with Crippen LogP contribution in [0, 0.1) is 13.8 Å². The third-order valence-electron chi connectivity index (χ3n) is 4.42.